The Kier molecular flexibility index (Phi) is 5.73. The molecule has 0 radical (unpaired) electrons. The lowest BCUT2D eigenvalue weighted by atomic mass is 10.2. The molecule has 0 spiro atoms. The van der Waals surface area contributed by atoms with E-state index < -0.39 is 12.0 Å². The third-order valence-corrected chi connectivity index (χ3v) is 3.14. The fourth-order valence-corrected chi connectivity index (χ4v) is 2.21. The number of carboxylic acid groups (broad SMARTS) is 1. The van der Waals surface area contributed by atoms with Crippen LogP contribution < -0.4 is 5.32 Å². The molecule has 1 fully saturated rings. The van der Waals surface area contributed by atoms with Gasteiger partial charge in [-0.25, -0.2) is 0 Å². The first kappa shape index (κ1) is 13.4. The first-order chi connectivity index (χ1) is 7.69. The largest absolute Gasteiger partial charge is 0.480 e. The van der Waals surface area contributed by atoms with Gasteiger partial charge in [0, 0.05) is 19.7 Å². The van der Waals surface area contributed by atoms with Crippen molar-refractivity contribution in [3.63, 3.8) is 0 Å². The van der Waals surface area contributed by atoms with E-state index in [1.54, 1.807) is 0 Å². The van der Waals surface area contributed by atoms with Crippen molar-refractivity contribution in [2.45, 2.75) is 31.8 Å². The van der Waals surface area contributed by atoms with E-state index in [2.05, 4.69) is 17.1 Å². The minimum atomic E-state index is -0.845. The molecule has 5 heteroatoms. The molecule has 0 aromatic rings. The van der Waals surface area contributed by atoms with Crippen molar-refractivity contribution < 1.29 is 14.6 Å². The van der Waals surface area contributed by atoms with E-state index in [9.17, 15) is 4.79 Å². The highest BCUT2D eigenvalue weighted by Gasteiger charge is 2.25. The second kappa shape index (κ2) is 6.83. The Morgan fingerprint density at radius 1 is 1.69 bits per heavy atom. The highest BCUT2D eigenvalue weighted by atomic mass is 16.5. The Hall–Kier alpha value is -0.650. The molecule has 1 aliphatic rings. The first-order valence-corrected chi connectivity index (χ1v) is 5.88. The highest BCUT2D eigenvalue weighted by molar-refractivity contribution is 5.73. The van der Waals surface area contributed by atoms with Gasteiger partial charge in [0.05, 0.1) is 6.61 Å². The number of likely N-dealkylation sites (tertiary alicyclic amines) is 1. The highest BCUT2D eigenvalue weighted by Crippen LogP contribution is 2.15. The number of ether oxygens (including phenoxy) is 1. The maximum atomic E-state index is 10.9. The fourth-order valence-electron chi connectivity index (χ4n) is 2.21. The third-order valence-electron chi connectivity index (χ3n) is 3.14. The molecule has 2 atom stereocenters. The third kappa shape index (κ3) is 3.73. The number of hydrogen-bond acceptors (Lipinski definition) is 4. The van der Waals surface area contributed by atoms with Crippen molar-refractivity contribution in [1.82, 2.24) is 10.2 Å². The van der Waals surface area contributed by atoms with Crippen molar-refractivity contribution in [3.05, 3.63) is 0 Å². The summed E-state index contributed by atoms with van der Waals surface area (Å²) in [4.78, 5) is 13.3. The monoisotopic (exact) mass is 230 g/mol. The van der Waals surface area contributed by atoms with Gasteiger partial charge in [-0.15, -0.1) is 0 Å². The molecule has 0 aromatic heterocycles. The topological polar surface area (TPSA) is 61.8 Å². The number of rotatable bonds is 7. The van der Waals surface area contributed by atoms with Crippen LogP contribution in [0.3, 0.4) is 0 Å². The molecule has 1 saturated heterocycles. The molecule has 0 amide bonds. The van der Waals surface area contributed by atoms with Gasteiger partial charge in [0.15, 0.2) is 0 Å². The Morgan fingerprint density at radius 3 is 3.00 bits per heavy atom. The normalized spacial score (nSPS) is 23.5. The summed E-state index contributed by atoms with van der Waals surface area (Å²) >= 11 is 0. The maximum Gasteiger partial charge on any atom is 0.323 e. The van der Waals surface area contributed by atoms with Crippen molar-refractivity contribution >= 4 is 5.97 Å². The van der Waals surface area contributed by atoms with E-state index in [4.69, 9.17) is 9.84 Å². The number of likely N-dealkylation sites (N-methyl/N-ethyl adjacent to an activating group) is 1. The molecular formula is C11H22N2O3. The van der Waals surface area contributed by atoms with Crippen LogP contribution in [-0.4, -0.2) is 61.4 Å². The molecule has 0 aromatic carbocycles. The lowest BCUT2D eigenvalue weighted by Gasteiger charge is -2.24. The molecule has 1 aliphatic heterocycles. The lowest BCUT2D eigenvalue weighted by molar-refractivity contribution is -0.140. The van der Waals surface area contributed by atoms with Crippen molar-refractivity contribution in [2.24, 2.45) is 0 Å². The number of aliphatic carboxylic acids is 1. The molecule has 0 saturated carbocycles. The molecule has 0 aliphatic carbocycles. The van der Waals surface area contributed by atoms with Gasteiger partial charge in [-0.2, -0.15) is 0 Å². The Labute approximate surface area is 96.8 Å². The lowest BCUT2D eigenvalue weighted by Crippen LogP contribution is -2.46. The van der Waals surface area contributed by atoms with Gasteiger partial charge in [-0.1, -0.05) is 6.92 Å². The number of carboxylic acids is 1. The Bertz CT molecular complexity index is 223. The zero-order valence-electron chi connectivity index (χ0n) is 10.1. The zero-order chi connectivity index (χ0) is 12.0. The summed E-state index contributed by atoms with van der Waals surface area (Å²) in [5.41, 5.74) is 0. The smallest absolute Gasteiger partial charge is 0.323 e. The van der Waals surface area contributed by atoms with Crippen LogP contribution in [0.1, 0.15) is 19.8 Å². The van der Waals surface area contributed by atoms with Gasteiger partial charge in [-0.05, 0) is 25.9 Å². The number of nitrogens with zero attached hydrogens (tertiary/aromatic N) is 1. The van der Waals surface area contributed by atoms with Crippen LogP contribution in [0.15, 0.2) is 0 Å². The molecule has 2 N–H and O–H groups in total. The standard InChI is InChI=1S/C11H22N2O3/c1-3-13-6-4-5-9(13)7-12-10(8-16-2)11(14)15/h9-10,12H,3-8H2,1-2H3,(H,14,15). The number of carbonyl (C=O) groups is 1. The molecule has 94 valence electrons. The second-order valence-corrected chi connectivity index (χ2v) is 4.18. The predicted octanol–water partition coefficient (Wildman–Crippen LogP) is 0.160. The second-order valence-electron chi connectivity index (χ2n) is 4.18. The molecular weight excluding hydrogens is 208 g/mol. The van der Waals surface area contributed by atoms with E-state index in [1.807, 2.05) is 0 Å². The van der Waals surface area contributed by atoms with Crippen LogP contribution in [0.2, 0.25) is 0 Å². The SMILES string of the molecule is CCN1CCCC1CNC(COC)C(=O)O. The van der Waals surface area contributed by atoms with Gasteiger partial charge in [-0.3, -0.25) is 9.69 Å². The van der Waals surface area contributed by atoms with Gasteiger partial charge < -0.3 is 15.2 Å². The number of methoxy groups -OCH3 is 1. The molecule has 0 bridgehead atoms. The maximum absolute atomic E-state index is 10.9. The fraction of sp³-hybridized carbons (Fsp3) is 0.909. The summed E-state index contributed by atoms with van der Waals surface area (Å²) < 4.78 is 4.88. The summed E-state index contributed by atoms with van der Waals surface area (Å²) in [6.45, 7) is 5.25. The van der Waals surface area contributed by atoms with Crippen LogP contribution in [-0.2, 0) is 9.53 Å². The van der Waals surface area contributed by atoms with Crippen molar-refractivity contribution in [2.75, 3.05) is 33.4 Å². The average Bonchev–Trinajstić information content (AvgIpc) is 2.71. The first-order valence-electron chi connectivity index (χ1n) is 5.88. The summed E-state index contributed by atoms with van der Waals surface area (Å²) in [6, 6.07) is -0.118. The van der Waals surface area contributed by atoms with Crippen LogP contribution in [0.25, 0.3) is 0 Å². The molecule has 16 heavy (non-hydrogen) atoms. The quantitative estimate of drug-likeness (QED) is 0.652. The average molecular weight is 230 g/mol. The molecule has 1 heterocycles. The van der Waals surface area contributed by atoms with Crippen molar-refractivity contribution in [3.8, 4) is 0 Å². The van der Waals surface area contributed by atoms with Crippen LogP contribution in [0.4, 0.5) is 0 Å². The van der Waals surface area contributed by atoms with Gasteiger partial charge in [0.2, 0.25) is 0 Å². The summed E-state index contributed by atoms with van der Waals surface area (Å²) in [7, 11) is 1.52. The van der Waals surface area contributed by atoms with Crippen LogP contribution >= 0.6 is 0 Å². The van der Waals surface area contributed by atoms with Crippen LogP contribution in [0.5, 0.6) is 0 Å². The summed E-state index contributed by atoms with van der Waals surface area (Å²) in [6.07, 6.45) is 2.36. The Morgan fingerprint density at radius 2 is 2.44 bits per heavy atom. The summed E-state index contributed by atoms with van der Waals surface area (Å²) in [5.74, 6) is -0.845. The van der Waals surface area contributed by atoms with Gasteiger partial charge in [0.25, 0.3) is 0 Å². The van der Waals surface area contributed by atoms with Gasteiger partial charge >= 0.3 is 5.97 Å². The molecule has 1 rings (SSSR count). The van der Waals surface area contributed by atoms with Crippen LogP contribution in [0, 0.1) is 0 Å². The minimum Gasteiger partial charge on any atom is -0.480 e. The minimum absolute atomic E-state index is 0.216. The number of hydrogen-bond donors (Lipinski definition) is 2. The van der Waals surface area contributed by atoms with E-state index >= 15 is 0 Å². The summed E-state index contributed by atoms with van der Waals surface area (Å²) in [5, 5.41) is 12.0. The molecule has 2 unspecified atom stereocenters. The van der Waals surface area contributed by atoms with E-state index in [0.717, 1.165) is 26.1 Å². The molecule has 5 nitrogen and oxygen atoms in total. The van der Waals surface area contributed by atoms with E-state index in [1.165, 1.54) is 13.5 Å². The Balaban J connectivity index is 2.33. The predicted molar refractivity (Wildman–Crippen MR) is 61.6 cm³/mol. The van der Waals surface area contributed by atoms with E-state index in [0.29, 0.717) is 6.04 Å². The van der Waals surface area contributed by atoms with E-state index in [-0.39, 0.29) is 6.61 Å². The zero-order valence-corrected chi connectivity index (χ0v) is 10.1. The van der Waals surface area contributed by atoms with Crippen molar-refractivity contribution in [1.29, 1.82) is 0 Å². The number of nitrogens with one attached hydrogen (secondary N) is 1. The van der Waals surface area contributed by atoms with Gasteiger partial charge in [0.1, 0.15) is 6.04 Å².